The van der Waals surface area contributed by atoms with Crippen LogP contribution in [0.4, 0.5) is 5.13 Å². The van der Waals surface area contributed by atoms with Gasteiger partial charge in [0.25, 0.3) is 0 Å². The van der Waals surface area contributed by atoms with Gasteiger partial charge < -0.3 is 10.2 Å². The Morgan fingerprint density at radius 3 is 2.52 bits per heavy atom. The number of hydrogen-bond acceptors (Lipinski definition) is 6. The van der Waals surface area contributed by atoms with Crippen LogP contribution >= 0.6 is 23.1 Å². The molecule has 1 N–H and O–H groups in total. The first kappa shape index (κ1) is 19.7. The van der Waals surface area contributed by atoms with Gasteiger partial charge in [0.2, 0.25) is 11.0 Å². The molecule has 0 radical (unpaired) electrons. The van der Waals surface area contributed by atoms with Crippen LogP contribution in [0.3, 0.4) is 0 Å². The molecule has 1 aromatic heterocycles. The Hall–Kier alpha value is -1.60. The number of carbonyl (C=O) groups excluding carboxylic acids is 1. The number of amides is 1. The lowest BCUT2D eigenvalue weighted by Gasteiger charge is -2.26. The Kier molecular flexibility index (Phi) is 6.84. The summed E-state index contributed by atoms with van der Waals surface area (Å²) in [5.74, 6) is 0.485. The van der Waals surface area contributed by atoms with E-state index in [4.69, 9.17) is 0 Å². The number of nitrogens with zero attached hydrogens (tertiary/aromatic N) is 3. The monoisotopic (exact) mass is 378 g/mol. The second kappa shape index (κ2) is 8.67. The van der Waals surface area contributed by atoms with Crippen molar-refractivity contribution in [2.24, 2.45) is 0 Å². The van der Waals surface area contributed by atoms with Crippen LogP contribution in [0.15, 0.2) is 34.7 Å². The summed E-state index contributed by atoms with van der Waals surface area (Å²) in [4.78, 5) is 14.5. The van der Waals surface area contributed by atoms with E-state index in [9.17, 15) is 4.79 Å². The second-order valence-electron chi connectivity index (χ2n) is 7.14. The fraction of sp³-hybridized carbons (Fsp3) is 0.500. The van der Waals surface area contributed by atoms with E-state index >= 15 is 0 Å². The number of thioether (sulfide) groups is 1. The van der Waals surface area contributed by atoms with Crippen molar-refractivity contribution in [1.82, 2.24) is 15.1 Å². The smallest absolute Gasteiger partial charge is 0.233 e. The fourth-order valence-corrected chi connectivity index (χ4v) is 4.03. The van der Waals surface area contributed by atoms with Crippen molar-refractivity contribution in [3.8, 4) is 0 Å². The van der Waals surface area contributed by atoms with Gasteiger partial charge in [-0.15, -0.1) is 10.2 Å². The summed E-state index contributed by atoms with van der Waals surface area (Å²) in [7, 11) is 0. The number of hydrogen-bond donors (Lipinski definition) is 1. The first-order chi connectivity index (χ1) is 11.7. The molecule has 0 saturated heterocycles. The molecule has 25 heavy (non-hydrogen) atoms. The molecule has 0 bridgehead atoms. The van der Waals surface area contributed by atoms with Gasteiger partial charge in [-0.05, 0) is 40.2 Å². The van der Waals surface area contributed by atoms with Gasteiger partial charge >= 0.3 is 0 Å². The number of anilines is 1. The second-order valence-corrected chi connectivity index (χ2v) is 9.34. The minimum absolute atomic E-state index is 0.0542. The number of rotatable bonds is 7. The quantitative estimate of drug-likeness (QED) is 0.729. The van der Waals surface area contributed by atoms with Gasteiger partial charge in [0, 0.05) is 18.1 Å². The molecule has 0 atom stereocenters. The van der Waals surface area contributed by atoms with Crippen molar-refractivity contribution in [1.29, 1.82) is 0 Å². The third-order valence-electron chi connectivity index (χ3n) is 3.35. The normalized spacial score (nSPS) is 11.6. The maximum absolute atomic E-state index is 12.6. The maximum atomic E-state index is 12.6. The molecule has 136 valence electrons. The van der Waals surface area contributed by atoms with E-state index in [1.54, 1.807) is 0 Å². The molecule has 0 saturated carbocycles. The molecule has 5 nitrogen and oxygen atoms in total. The van der Waals surface area contributed by atoms with Crippen LogP contribution < -0.4 is 5.32 Å². The molecule has 1 amide bonds. The van der Waals surface area contributed by atoms with Gasteiger partial charge in [0.05, 0.1) is 5.75 Å². The zero-order chi connectivity index (χ0) is 18.4. The summed E-state index contributed by atoms with van der Waals surface area (Å²) >= 11 is 2.93. The highest BCUT2D eigenvalue weighted by Gasteiger charge is 2.19. The zero-order valence-electron chi connectivity index (χ0n) is 15.4. The third kappa shape index (κ3) is 6.66. The van der Waals surface area contributed by atoms with Gasteiger partial charge in [0.15, 0.2) is 4.34 Å². The first-order valence-corrected chi connectivity index (χ1v) is 10.1. The molecule has 0 fully saturated rings. The predicted octanol–water partition coefficient (Wildman–Crippen LogP) is 4.28. The van der Waals surface area contributed by atoms with E-state index in [1.807, 2.05) is 49.1 Å². The topological polar surface area (TPSA) is 58.1 Å². The molecule has 0 unspecified atom stereocenters. The van der Waals surface area contributed by atoms with E-state index in [0.717, 1.165) is 15.0 Å². The third-order valence-corrected chi connectivity index (χ3v) is 5.30. The van der Waals surface area contributed by atoms with Crippen LogP contribution in [-0.4, -0.2) is 38.3 Å². The van der Waals surface area contributed by atoms with Gasteiger partial charge in [-0.3, -0.25) is 4.79 Å². The van der Waals surface area contributed by atoms with Crippen molar-refractivity contribution < 1.29 is 4.79 Å². The van der Waals surface area contributed by atoms with Crippen LogP contribution in [0.25, 0.3) is 0 Å². The Morgan fingerprint density at radius 1 is 1.24 bits per heavy atom. The molecular weight excluding hydrogens is 352 g/mol. The number of nitrogens with one attached hydrogen (secondary N) is 1. The molecule has 2 rings (SSSR count). The Labute approximate surface area is 158 Å². The molecule has 0 aliphatic carbocycles. The summed E-state index contributed by atoms with van der Waals surface area (Å²) in [6, 6.07) is 10.2. The van der Waals surface area contributed by atoms with E-state index < -0.39 is 0 Å². The highest BCUT2D eigenvalue weighted by molar-refractivity contribution is 8.01. The van der Waals surface area contributed by atoms with E-state index in [0.29, 0.717) is 12.3 Å². The van der Waals surface area contributed by atoms with Crippen molar-refractivity contribution in [3.63, 3.8) is 0 Å². The average Bonchev–Trinajstić information content (AvgIpc) is 2.96. The summed E-state index contributed by atoms with van der Waals surface area (Å²) < 4.78 is 0.809. The van der Waals surface area contributed by atoms with E-state index in [1.165, 1.54) is 23.1 Å². The first-order valence-electron chi connectivity index (χ1n) is 8.32. The lowest BCUT2D eigenvalue weighted by molar-refractivity contribution is -0.130. The maximum Gasteiger partial charge on any atom is 0.233 e. The van der Waals surface area contributed by atoms with Crippen LogP contribution in [0.5, 0.6) is 0 Å². The molecule has 2 aromatic rings. The van der Waals surface area contributed by atoms with Crippen molar-refractivity contribution >= 4 is 34.1 Å². The minimum atomic E-state index is -0.0542. The molecular formula is C18H26N4OS2. The molecule has 0 spiro atoms. The van der Waals surface area contributed by atoms with Gasteiger partial charge in [-0.2, -0.15) is 0 Å². The van der Waals surface area contributed by atoms with Crippen LogP contribution in [0, 0.1) is 0 Å². The van der Waals surface area contributed by atoms with Crippen molar-refractivity contribution in [2.45, 2.75) is 57.1 Å². The zero-order valence-corrected chi connectivity index (χ0v) is 17.1. The molecule has 0 aliphatic rings. The SMILES string of the molecule is CC(C)N(Cc1ccccc1)C(=O)CSc1nnc(NC(C)(C)C)s1. The molecule has 1 heterocycles. The van der Waals surface area contributed by atoms with Gasteiger partial charge in [0.1, 0.15) is 0 Å². The molecule has 7 heteroatoms. The number of carbonyl (C=O) groups is 1. The standard InChI is InChI=1S/C18H26N4OS2/c1-13(2)22(11-14-9-7-6-8-10-14)15(23)12-24-17-21-20-16(25-17)19-18(3,4)5/h6-10,13H,11-12H2,1-5H3,(H,19,20). The highest BCUT2D eigenvalue weighted by atomic mass is 32.2. The average molecular weight is 379 g/mol. The van der Waals surface area contributed by atoms with Crippen molar-refractivity contribution in [3.05, 3.63) is 35.9 Å². The fourth-order valence-electron chi connectivity index (χ4n) is 2.18. The predicted molar refractivity (Wildman–Crippen MR) is 106 cm³/mol. The van der Waals surface area contributed by atoms with E-state index in [-0.39, 0.29) is 17.5 Å². The van der Waals surface area contributed by atoms with Gasteiger partial charge in [-0.1, -0.05) is 53.4 Å². The number of benzene rings is 1. The summed E-state index contributed by atoms with van der Waals surface area (Å²) in [5.41, 5.74) is 1.09. The lowest BCUT2D eigenvalue weighted by atomic mass is 10.1. The van der Waals surface area contributed by atoms with Crippen LogP contribution in [0.1, 0.15) is 40.2 Å². The van der Waals surface area contributed by atoms with Crippen molar-refractivity contribution in [2.75, 3.05) is 11.1 Å². The van der Waals surface area contributed by atoms with Crippen LogP contribution in [-0.2, 0) is 11.3 Å². The van der Waals surface area contributed by atoms with Crippen LogP contribution in [0.2, 0.25) is 0 Å². The summed E-state index contributed by atoms with van der Waals surface area (Å²) in [6.07, 6.45) is 0. The lowest BCUT2D eigenvalue weighted by Crippen LogP contribution is -2.37. The van der Waals surface area contributed by atoms with E-state index in [2.05, 4.69) is 36.3 Å². The Morgan fingerprint density at radius 2 is 1.92 bits per heavy atom. The summed E-state index contributed by atoms with van der Waals surface area (Å²) in [6.45, 7) is 11.0. The summed E-state index contributed by atoms with van der Waals surface area (Å²) in [5, 5.41) is 12.4. The van der Waals surface area contributed by atoms with Gasteiger partial charge in [-0.25, -0.2) is 0 Å². The molecule has 0 aliphatic heterocycles. The minimum Gasteiger partial charge on any atom is -0.355 e. The number of aromatic nitrogens is 2. The largest absolute Gasteiger partial charge is 0.355 e. The Bertz CT molecular complexity index is 680. The molecule has 1 aromatic carbocycles. The Balaban J connectivity index is 1.93. The highest BCUT2D eigenvalue weighted by Crippen LogP contribution is 2.27.